The lowest BCUT2D eigenvalue weighted by Crippen LogP contribution is -2.34. The van der Waals surface area contributed by atoms with Crippen LogP contribution in [-0.2, 0) is 73.8 Å². The van der Waals surface area contributed by atoms with Gasteiger partial charge in [-0.25, -0.2) is 19.9 Å². The number of imidazole rings is 3. The maximum Gasteiger partial charge on any atom is 0.331 e. The van der Waals surface area contributed by atoms with Gasteiger partial charge in [-0.15, -0.1) is 0 Å². The van der Waals surface area contributed by atoms with Crippen molar-refractivity contribution in [1.29, 1.82) is 0 Å². The molecule has 3 aliphatic heterocycles. The minimum absolute atomic E-state index is 0. The topological polar surface area (TPSA) is 463 Å². The summed E-state index contributed by atoms with van der Waals surface area (Å²) in [6.07, 6.45) is 5.99. The number of aliphatic hydroxyl groups excluding tert-OH is 3. The van der Waals surface area contributed by atoms with Crippen molar-refractivity contribution in [1.82, 2.24) is 58.6 Å². The number of fused-ring (bicyclic) bond motifs is 13. The highest BCUT2D eigenvalue weighted by atomic mass is 35.5. The number of hydrogen-bond donors (Lipinski definition) is 7. The average molecular weight is 1820 g/mol. The molecule has 0 radical (unpaired) electrons. The zero-order valence-corrected chi connectivity index (χ0v) is 75.6. The molecule has 9 N–H and O–H groups in total. The van der Waals surface area contributed by atoms with Crippen LogP contribution < -0.4 is 11.5 Å². The number of aromatic nitrogens is 12. The Labute approximate surface area is 707 Å². The van der Waals surface area contributed by atoms with Gasteiger partial charge < -0.3 is 106 Å². The Kier molecular flexibility index (Phi) is 25.7. The van der Waals surface area contributed by atoms with Crippen molar-refractivity contribution in [3.05, 3.63) is 40.0 Å². The monoisotopic (exact) mass is 1810 g/mol. The van der Waals surface area contributed by atoms with Gasteiger partial charge in [0.05, 0.1) is 129 Å². The normalized spacial score (nSPS) is 33.9. The van der Waals surface area contributed by atoms with E-state index in [0.717, 1.165) is 19.3 Å². The number of ether oxygens (including phenoxy) is 6. The van der Waals surface area contributed by atoms with Crippen molar-refractivity contribution in [2.24, 2.45) is 45.3 Å². The standard InChI is InChI=1S/C22H31Cl2N4O5P.C22H33ClN5O5P.C17H31O6P.C13H17ClN5O5P.CH4/c1-11(2)32-34(29,33-12(3)4)8-7-22-9-13(22)15(16-17(22)31-21(5,6)30-16)28-10-25-14-18(23)26-20(24)27-19(14)28;1-11(2)32-34(29,33-12(3)4)8-7-22-9-13(22)15(16-17(22)31-21(5,6)30-16)28-10-25-14-18(24)26-20(23)27-19(14)28;1-10(2)22-24(19,23-11(3)4)8-7-17-9-12(17)13(18)14-15(17)21-16(5,6)20-14;14-12-17-10(15)6-11(18-12)19(4-16-6)7-5-3-13(5,9(21)8(7)20)1-2-25(22,23)24;/h10-13,15-17H,7-9H2,1-6H3;10-13,15-17H,7-9H2,1-6H3,(H2,24,26,27);10-15,18H,7-9H2,1-6H3;4-5,7-9,20-21H,1-3H2,(H2,15,17,18)(H2,22,23,24);1H4/t2*13-,15-,16+,17+,22-;12-,13+,14+,15+,17-;5-,7-,8+,9+,13-;/m1111./s1. The smallest absolute Gasteiger partial charge is 0.331 e. The lowest BCUT2D eigenvalue weighted by molar-refractivity contribution is -0.167. The average Bonchev–Trinajstić information content (AvgIpc) is 1.52. The van der Waals surface area contributed by atoms with Crippen molar-refractivity contribution < 1.29 is 98.9 Å². The second-order valence-electron chi connectivity index (χ2n) is 36.5. The zero-order valence-electron chi connectivity index (χ0n) is 69.0. The summed E-state index contributed by atoms with van der Waals surface area (Å²) in [7, 11) is -13.9. The first-order valence-corrected chi connectivity index (χ1v) is 48.7. The summed E-state index contributed by atoms with van der Waals surface area (Å²) in [6.45, 7) is 33.8. The van der Waals surface area contributed by atoms with Gasteiger partial charge in [0, 0.05) is 21.7 Å². The summed E-state index contributed by atoms with van der Waals surface area (Å²) in [5.74, 6) is -1.30. The van der Waals surface area contributed by atoms with E-state index in [1.165, 1.54) is 6.33 Å². The van der Waals surface area contributed by atoms with Gasteiger partial charge in [-0.2, -0.15) is 24.9 Å². The Balaban J connectivity index is 0.000000138. The van der Waals surface area contributed by atoms with Crippen molar-refractivity contribution in [3.8, 4) is 0 Å². The molecular formula is C75H116Cl4N14O21P4. The Morgan fingerprint density at radius 1 is 0.424 bits per heavy atom. The number of hydrogen-bond acceptors (Lipinski definition) is 30. The number of nitrogens with zero attached hydrogens (tertiary/aromatic N) is 12. The van der Waals surface area contributed by atoms with Crippen LogP contribution in [0.4, 0.5) is 11.6 Å². The number of anilines is 2. The van der Waals surface area contributed by atoms with E-state index in [9.17, 15) is 33.6 Å². The van der Waals surface area contributed by atoms with E-state index in [1.807, 2.05) is 134 Å². The Hall–Kier alpha value is -3.35. The molecule has 118 heavy (non-hydrogen) atoms. The molecule has 6 aromatic rings. The molecule has 8 aliphatic carbocycles. The molecule has 35 nitrogen and oxygen atoms in total. The van der Waals surface area contributed by atoms with Crippen molar-refractivity contribution >= 4 is 122 Å². The molecule has 43 heteroatoms. The van der Waals surface area contributed by atoms with Gasteiger partial charge in [0.2, 0.25) is 15.9 Å². The second kappa shape index (κ2) is 32.8. The Bertz CT molecular complexity index is 4710. The largest absolute Gasteiger partial charge is 0.390 e. The molecule has 0 unspecified atom stereocenters. The van der Waals surface area contributed by atoms with Crippen LogP contribution in [0.3, 0.4) is 0 Å². The maximum atomic E-state index is 13.6. The van der Waals surface area contributed by atoms with Crippen LogP contribution in [0.2, 0.25) is 21.0 Å². The van der Waals surface area contributed by atoms with Crippen LogP contribution in [0.25, 0.3) is 33.5 Å². The highest BCUT2D eigenvalue weighted by Crippen LogP contribution is 2.77. The first-order valence-electron chi connectivity index (χ1n) is 40.2. The second-order valence-corrected chi connectivity index (χ2v) is 45.9. The van der Waals surface area contributed by atoms with Gasteiger partial charge in [-0.1, -0.05) is 19.0 Å². The molecule has 11 aliphatic rings. The predicted octanol–water partition coefficient (Wildman–Crippen LogP) is 14.1. The molecule has 0 amide bonds. The van der Waals surface area contributed by atoms with E-state index in [4.69, 9.17) is 123 Å². The van der Waals surface area contributed by atoms with E-state index in [0.29, 0.717) is 77.7 Å². The SMILES string of the molecule is C.CC(C)OP(=O)(CC[C@@]12C[C@@H]1[C@@H](n1cnc3c(Cl)nc(Cl)nc31)[C@@H]1OC(C)(C)O[C@@H]12)OC(C)C.CC(C)OP(=O)(CC[C@@]12C[C@@H]1[C@@H](n1cnc3c(N)nc(Cl)nc31)[C@@H]1OC(C)(C)O[C@@H]12)OC(C)C.CC(C)OP(=O)(CC[C@@]12C[C@@H]1[C@H](O)[C@@H]1OC(C)(C)O[C@@H]12)OC(C)C.Nc1nc(Cl)nc2c1ncn2[C@H]1[C@H](O)[C@H](O)[C@]2(CCP(=O)(O)O)C[C@H]12. The highest BCUT2D eigenvalue weighted by Gasteiger charge is 2.79. The number of aliphatic hydroxyl groups is 3. The van der Waals surface area contributed by atoms with E-state index >= 15 is 0 Å². The van der Waals surface area contributed by atoms with Crippen molar-refractivity contribution in [3.63, 3.8) is 0 Å². The lowest BCUT2D eigenvalue weighted by atomic mass is 9.96. The third kappa shape index (κ3) is 18.0. The molecule has 3 saturated heterocycles. The van der Waals surface area contributed by atoms with Crippen molar-refractivity contribution in [2.45, 2.75) is 310 Å². The number of rotatable bonds is 27. The van der Waals surface area contributed by atoms with Crippen LogP contribution >= 0.6 is 76.8 Å². The Morgan fingerprint density at radius 3 is 1.09 bits per heavy atom. The molecule has 8 saturated carbocycles. The molecular weight excluding hydrogens is 1700 g/mol. The fourth-order valence-electron chi connectivity index (χ4n) is 20.3. The molecule has 9 heterocycles. The third-order valence-electron chi connectivity index (χ3n) is 24.5. The molecule has 17 rings (SSSR count). The molecule has 6 aromatic heterocycles. The minimum atomic E-state index is -4.18. The molecule has 0 spiro atoms. The molecule has 660 valence electrons. The maximum absolute atomic E-state index is 13.6. The van der Waals surface area contributed by atoms with E-state index in [1.54, 1.807) is 17.2 Å². The van der Waals surface area contributed by atoms with Crippen LogP contribution in [0.15, 0.2) is 19.0 Å². The molecule has 11 fully saturated rings. The minimum Gasteiger partial charge on any atom is -0.390 e. The first-order chi connectivity index (χ1) is 54.3. The van der Waals surface area contributed by atoms with Gasteiger partial charge in [0.25, 0.3) is 0 Å². The van der Waals surface area contributed by atoms with Crippen LogP contribution in [-0.4, -0.2) is 217 Å². The summed E-state index contributed by atoms with van der Waals surface area (Å²) >= 11 is 24.4. The van der Waals surface area contributed by atoms with Crippen LogP contribution in [0.5, 0.6) is 0 Å². The van der Waals surface area contributed by atoms with Crippen LogP contribution in [0, 0.1) is 45.3 Å². The highest BCUT2D eigenvalue weighted by molar-refractivity contribution is 7.54. The number of halogens is 4. The Morgan fingerprint density at radius 2 is 0.720 bits per heavy atom. The lowest BCUT2D eigenvalue weighted by Gasteiger charge is -2.27. The van der Waals surface area contributed by atoms with Gasteiger partial charge in [-0.3, -0.25) is 18.3 Å². The molecule has 0 bridgehead atoms. The molecule has 0 aromatic carbocycles. The summed E-state index contributed by atoms with van der Waals surface area (Å²) < 4.78 is 129. The fraction of sp³-hybridized carbons (Fsp3) is 0.800. The first kappa shape index (κ1) is 92.3. The summed E-state index contributed by atoms with van der Waals surface area (Å²) in [5, 5.41) is 31.8. The molecule has 20 atom stereocenters. The predicted molar refractivity (Wildman–Crippen MR) is 440 cm³/mol. The van der Waals surface area contributed by atoms with Crippen molar-refractivity contribution in [2.75, 3.05) is 36.1 Å². The van der Waals surface area contributed by atoms with E-state index < -0.39 is 77.5 Å². The summed E-state index contributed by atoms with van der Waals surface area (Å²) in [4.78, 5) is 56.1. The number of nitrogens with two attached hydrogens (primary N) is 2. The number of nitrogen functional groups attached to an aromatic ring is 2. The summed E-state index contributed by atoms with van der Waals surface area (Å²) in [5.41, 5.74) is 13.4. The van der Waals surface area contributed by atoms with E-state index in [-0.39, 0.29) is 178 Å². The van der Waals surface area contributed by atoms with E-state index in [2.05, 4.69) is 44.9 Å². The zero-order chi connectivity index (χ0) is 85.3. The fourth-order valence-corrected chi connectivity index (χ4v) is 28.5. The quantitative estimate of drug-likeness (QED) is 0.0143. The van der Waals surface area contributed by atoms with Gasteiger partial charge in [-0.05, 0) is 234 Å². The van der Waals surface area contributed by atoms with Gasteiger partial charge >= 0.3 is 30.4 Å². The van der Waals surface area contributed by atoms with Gasteiger partial charge in [0.15, 0.2) is 51.1 Å². The third-order valence-corrected chi connectivity index (χ3v) is 32.9. The van der Waals surface area contributed by atoms with Gasteiger partial charge in [0.1, 0.15) is 41.0 Å². The van der Waals surface area contributed by atoms with Crippen LogP contribution in [0.1, 0.15) is 202 Å². The summed E-state index contributed by atoms with van der Waals surface area (Å²) in [6, 6.07) is -0.670.